The van der Waals surface area contributed by atoms with Gasteiger partial charge >= 0.3 is 17.9 Å². The highest BCUT2D eigenvalue weighted by molar-refractivity contribution is 5.92. The first-order valence-corrected chi connectivity index (χ1v) is 10.0. The van der Waals surface area contributed by atoms with Crippen molar-refractivity contribution in [1.29, 1.82) is 0 Å². The van der Waals surface area contributed by atoms with Gasteiger partial charge in [0.15, 0.2) is 23.6 Å². The lowest BCUT2D eigenvalue weighted by atomic mass is 9.77. The van der Waals surface area contributed by atoms with E-state index in [1.165, 1.54) is 6.92 Å². The fraction of sp³-hybridized carbons (Fsp3) is 0.636. The van der Waals surface area contributed by atoms with Gasteiger partial charge in [0.2, 0.25) is 0 Å². The summed E-state index contributed by atoms with van der Waals surface area (Å²) in [5.41, 5.74) is -1.36. The number of aliphatic hydroxyl groups is 1. The zero-order valence-electron chi connectivity index (χ0n) is 18.1. The number of carbonyl (C=O) groups excluding carboxylic acids is 4. The fourth-order valence-electron chi connectivity index (χ4n) is 3.80. The molecule has 1 fully saturated rings. The van der Waals surface area contributed by atoms with Gasteiger partial charge in [-0.25, -0.2) is 4.79 Å². The molecule has 0 spiro atoms. The lowest BCUT2D eigenvalue weighted by molar-refractivity contribution is -0.197. The Bertz CT molecular complexity index is 776. The molecule has 0 bridgehead atoms. The number of carbonyl (C=O) groups is 4. The predicted octanol–water partition coefficient (Wildman–Crippen LogP) is 2.03. The van der Waals surface area contributed by atoms with Crippen molar-refractivity contribution in [2.45, 2.75) is 77.8 Å². The van der Waals surface area contributed by atoms with Gasteiger partial charge in [0.1, 0.15) is 6.10 Å². The number of allylic oxidation sites excluding steroid dienone is 1. The molecule has 2 aliphatic rings. The maximum atomic E-state index is 12.8. The highest BCUT2D eigenvalue weighted by atomic mass is 16.6. The third-order valence-electron chi connectivity index (χ3n) is 5.39. The van der Waals surface area contributed by atoms with Gasteiger partial charge in [-0.3, -0.25) is 14.4 Å². The molecule has 1 heterocycles. The Labute approximate surface area is 176 Å². The monoisotopic (exact) mass is 422 g/mol. The van der Waals surface area contributed by atoms with E-state index in [1.54, 1.807) is 13.0 Å². The average molecular weight is 422 g/mol. The number of ketones is 1. The second kappa shape index (κ2) is 9.12. The number of Topliss-reactive ketones (excluding diaryl/α,β-unsaturated/α-hetero) is 1. The third kappa shape index (κ3) is 5.16. The molecule has 0 amide bonds. The maximum Gasteiger partial charge on any atom is 0.334 e. The summed E-state index contributed by atoms with van der Waals surface area (Å²) in [6, 6.07) is 0. The molecular weight excluding hydrogens is 392 g/mol. The van der Waals surface area contributed by atoms with Crippen LogP contribution in [0, 0.1) is 11.8 Å². The minimum absolute atomic E-state index is 0.0167. The van der Waals surface area contributed by atoms with Crippen molar-refractivity contribution in [2.75, 3.05) is 0 Å². The van der Waals surface area contributed by atoms with Crippen molar-refractivity contribution in [3.63, 3.8) is 0 Å². The first kappa shape index (κ1) is 23.8. The normalized spacial score (nSPS) is 34.0. The van der Waals surface area contributed by atoms with Gasteiger partial charge in [0.25, 0.3) is 0 Å². The minimum Gasteiger partial charge on any atom is -0.458 e. The van der Waals surface area contributed by atoms with Crippen molar-refractivity contribution in [3.8, 4) is 0 Å². The van der Waals surface area contributed by atoms with Crippen LogP contribution in [0.1, 0.15) is 53.9 Å². The van der Waals surface area contributed by atoms with Crippen LogP contribution in [0.15, 0.2) is 23.8 Å². The number of fused-ring (bicyclic) bond motifs is 1. The summed E-state index contributed by atoms with van der Waals surface area (Å²) < 4.78 is 16.4. The van der Waals surface area contributed by atoms with E-state index >= 15 is 0 Å². The Morgan fingerprint density at radius 2 is 1.97 bits per heavy atom. The smallest absolute Gasteiger partial charge is 0.334 e. The summed E-state index contributed by atoms with van der Waals surface area (Å²) in [7, 11) is 0. The predicted molar refractivity (Wildman–Crippen MR) is 106 cm³/mol. The summed E-state index contributed by atoms with van der Waals surface area (Å²) >= 11 is 0. The van der Waals surface area contributed by atoms with E-state index in [9.17, 15) is 24.3 Å². The van der Waals surface area contributed by atoms with Crippen LogP contribution in [0.3, 0.4) is 0 Å². The summed E-state index contributed by atoms with van der Waals surface area (Å²) in [5.74, 6) is -3.54. The second-order valence-electron chi connectivity index (χ2n) is 8.61. The highest BCUT2D eigenvalue weighted by Crippen LogP contribution is 2.40. The van der Waals surface area contributed by atoms with Gasteiger partial charge in [0.05, 0.1) is 5.92 Å². The molecule has 30 heavy (non-hydrogen) atoms. The van der Waals surface area contributed by atoms with E-state index < -0.39 is 53.5 Å². The topological polar surface area (TPSA) is 116 Å². The van der Waals surface area contributed by atoms with Crippen LogP contribution < -0.4 is 0 Å². The largest absolute Gasteiger partial charge is 0.458 e. The van der Waals surface area contributed by atoms with Gasteiger partial charge in [-0.05, 0) is 19.8 Å². The number of esters is 3. The van der Waals surface area contributed by atoms with Gasteiger partial charge in [-0.2, -0.15) is 0 Å². The highest BCUT2D eigenvalue weighted by Gasteiger charge is 2.55. The summed E-state index contributed by atoms with van der Waals surface area (Å²) in [6.07, 6.45) is -1.72. The van der Waals surface area contributed by atoms with Gasteiger partial charge in [0, 0.05) is 31.8 Å². The SMILES string of the molecule is C=C1C(=O)O[C@@H]2C/C(C)=C\CC(=O)[C@](C)(O)[C@H](OC(C)=O)[C@@H](OC(=O)CC(C)C)[C@@H]12. The van der Waals surface area contributed by atoms with E-state index in [0.717, 1.165) is 12.5 Å². The van der Waals surface area contributed by atoms with Crippen molar-refractivity contribution in [2.24, 2.45) is 11.8 Å². The standard InChI is InChI=1S/C22H30O8/c1-11(2)9-17(25)30-19-18-13(4)21(26)29-15(18)10-12(3)7-8-16(24)22(6,27)20(19)28-14(5)23/h7,11,15,18-20,27H,4,8-10H2,1-3,5-6H3/b12-7-/t15-,18+,19+,20-,22+/m1/s1. The first-order valence-electron chi connectivity index (χ1n) is 10.0. The average Bonchev–Trinajstić information content (AvgIpc) is 2.88. The van der Waals surface area contributed by atoms with Crippen molar-refractivity contribution in [1.82, 2.24) is 0 Å². The molecule has 2 rings (SSSR count). The molecule has 0 unspecified atom stereocenters. The molecule has 1 saturated heterocycles. The summed E-state index contributed by atoms with van der Waals surface area (Å²) in [5, 5.41) is 11.1. The molecule has 0 aromatic heterocycles. The molecule has 0 saturated carbocycles. The lowest BCUT2D eigenvalue weighted by Crippen LogP contribution is -2.58. The Kier molecular flexibility index (Phi) is 7.23. The lowest BCUT2D eigenvalue weighted by Gasteiger charge is -2.39. The molecule has 0 aromatic rings. The van der Waals surface area contributed by atoms with Crippen LogP contribution in [0.4, 0.5) is 0 Å². The van der Waals surface area contributed by atoms with Gasteiger partial charge < -0.3 is 19.3 Å². The zero-order valence-corrected chi connectivity index (χ0v) is 18.1. The number of rotatable bonds is 4. The van der Waals surface area contributed by atoms with Gasteiger partial charge in [-0.15, -0.1) is 0 Å². The summed E-state index contributed by atoms with van der Waals surface area (Å²) in [6.45, 7) is 11.6. The third-order valence-corrected chi connectivity index (χ3v) is 5.39. The Morgan fingerprint density at radius 3 is 2.53 bits per heavy atom. The van der Waals surface area contributed by atoms with Crippen molar-refractivity contribution >= 4 is 23.7 Å². The minimum atomic E-state index is -2.17. The van der Waals surface area contributed by atoms with E-state index in [2.05, 4.69) is 6.58 Å². The molecule has 0 aromatic carbocycles. The molecular formula is C22H30O8. The summed E-state index contributed by atoms with van der Waals surface area (Å²) in [4.78, 5) is 49.5. The molecule has 1 aliphatic heterocycles. The Balaban J connectivity index is 2.62. The Morgan fingerprint density at radius 1 is 1.33 bits per heavy atom. The molecule has 8 heteroatoms. The van der Waals surface area contributed by atoms with Gasteiger partial charge in [-0.1, -0.05) is 32.1 Å². The van der Waals surface area contributed by atoms with E-state index in [1.807, 2.05) is 13.8 Å². The second-order valence-corrected chi connectivity index (χ2v) is 8.61. The van der Waals surface area contributed by atoms with Crippen LogP contribution >= 0.6 is 0 Å². The van der Waals surface area contributed by atoms with Crippen LogP contribution in [0.2, 0.25) is 0 Å². The molecule has 166 valence electrons. The molecule has 0 radical (unpaired) electrons. The van der Waals surface area contributed by atoms with Crippen molar-refractivity contribution < 1.29 is 38.5 Å². The van der Waals surface area contributed by atoms with E-state index in [4.69, 9.17) is 14.2 Å². The Hall–Kier alpha value is -2.48. The quantitative estimate of drug-likeness (QED) is 0.317. The van der Waals surface area contributed by atoms with E-state index in [0.29, 0.717) is 0 Å². The first-order chi connectivity index (χ1) is 13.8. The van der Waals surface area contributed by atoms with E-state index in [-0.39, 0.29) is 30.8 Å². The number of ether oxygens (including phenoxy) is 3. The van der Waals surface area contributed by atoms with Crippen LogP contribution in [-0.2, 0) is 33.4 Å². The molecule has 5 atom stereocenters. The van der Waals surface area contributed by atoms with Crippen LogP contribution in [0.25, 0.3) is 0 Å². The molecule has 1 N–H and O–H groups in total. The zero-order chi connectivity index (χ0) is 22.8. The molecule has 8 nitrogen and oxygen atoms in total. The van der Waals surface area contributed by atoms with Crippen LogP contribution in [-0.4, -0.2) is 52.7 Å². The molecule has 1 aliphatic carbocycles. The fourth-order valence-corrected chi connectivity index (χ4v) is 3.80. The number of hydrogen-bond donors (Lipinski definition) is 1. The van der Waals surface area contributed by atoms with Crippen LogP contribution in [0.5, 0.6) is 0 Å². The number of hydrogen-bond acceptors (Lipinski definition) is 8. The van der Waals surface area contributed by atoms with Crippen molar-refractivity contribution in [3.05, 3.63) is 23.8 Å². The maximum absolute atomic E-state index is 12.8.